The largest absolute Gasteiger partial charge is 0.365 e. The van der Waals surface area contributed by atoms with Gasteiger partial charge in [0.2, 0.25) is 0 Å². The van der Waals surface area contributed by atoms with Gasteiger partial charge in [-0.1, -0.05) is 11.2 Å². The van der Waals surface area contributed by atoms with Gasteiger partial charge in [0.15, 0.2) is 5.96 Å². The number of guanidine groups is 1. The predicted molar refractivity (Wildman–Crippen MR) is 106 cm³/mol. The Morgan fingerprint density at radius 1 is 1.32 bits per heavy atom. The number of aromatic nitrogens is 1. The Bertz CT molecular complexity index is 796. The molecule has 1 saturated heterocycles. The second-order valence-corrected chi connectivity index (χ2v) is 7.05. The van der Waals surface area contributed by atoms with Gasteiger partial charge in [0.1, 0.15) is 23.1 Å². The molecule has 2 N–H and O–H groups in total. The molecule has 1 aliphatic heterocycles. The first-order chi connectivity index (χ1) is 13.5. The number of anilines is 1. The maximum absolute atomic E-state index is 14.0. The third-order valence-corrected chi connectivity index (χ3v) is 5.08. The first-order valence-corrected chi connectivity index (χ1v) is 9.57. The first-order valence-electron chi connectivity index (χ1n) is 9.57. The van der Waals surface area contributed by atoms with E-state index >= 15 is 0 Å². The summed E-state index contributed by atoms with van der Waals surface area (Å²) >= 11 is 0. The third kappa shape index (κ3) is 4.61. The Hall–Kier alpha value is -2.64. The lowest BCUT2D eigenvalue weighted by Gasteiger charge is -2.21. The van der Waals surface area contributed by atoms with Crippen molar-refractivity contribution < 1.29 is 13.3 Å². The number of hydrogen-bond acceptors (Lipinski definition) is 4. The zero-order valence-electron chi connectivity index (χ0n) is 16.6. The van der Waals surface area contributed by atoms with E-state index in [1.165, 1.54) is 18.2 Å². The smallest absolute Gasteiger partial charge is 0.191 e. The van der Waals surface area contributed by atoms with E-state index in [9.17, 15) is 8.78 Å². The highest BCUT2D eigenvalue weighted by atomic mass is 19.1. The molecule has 8 heteroatoms. The topological polar surface area (TPSA) is 65.7 Å². The van der Waals surface area contributed by atoms with Gasteiger partial charge in [-0.05, 0) is 45.2 Å². The van der Waals surface area contributed by atoms with Crippen LogP contribution in [0.4, 0.5) is 14.5 Å². The molecular weight excluding hydrogens is 364 g/mol. The Morgan fingerprint density at radius 3 is 2.71 bits per heavy atom. The lowest BCUT2D eigenvalue weighted by Crippen LogP contribution is -2.45. The highest BCUT2D eigenvalue weighted by Crippen LogP contribution is 2.26. The highest BCUT2D eigenvalue weighted by Gasteiger charge is 2.27. The predicted octanol–water partition coefficient (Wildman–Crippen LogP) is 2.95. The molecule has 1 atom stereocenters. The number of halogens is 2. The van der Waals surface area contributed by atoms with Crippen molar-refractivity contribution in [2.24, 2.45) is 4.99 Å². The van der Waals surface area contributed by atoms with Crippen LogP contribution < -0.4 is 15.5 Å². The van der Waals surface area contributed by atoms with E-state index in [0.29, 0.717) is 19.0 Å². The molecule has 1 aromatic carbocycles. The molecule has 6 nitrogen and oxygen atoms in total. The molecule has 0 radical (unpaired) electrons. The summed E-state index contributed by atoms with van der Waals surface area (Å²) in [7, 11) is 1.72. The Labute approximate surface area is 164 Å². The van der Waals surface area contributed by atoms with E-state index in [2.05, 4.69) is 20.8 Å². The minimum absolute atomic E-state index is 0.0502. The van der Waals surface area contributed by atoms with E-state index in [1.54, 1.807) is 11.9 Å². The molecule has 0 spiro atoms. The SMILES string of the molecule is CN=C(NCCCc1c(C)noc1C)NC1CCN(c2c(F)cccc2F)C1. The van der Waals surface area contributed by atoms with Crippen molar-refractivity contribution in [3.8, 4) is 0 Å². The van der Waals surface area contributed by atoms with Crippen molar-refractivity contribution in [3.05, 3.63) is 46.9 Å². The summed E-state index contributed by atoms with van der Waals surface area (Å²) in [5.74, 6) is 0.510. The molecule has 1 aliphatic rings. The van der Waals surface area contributed by atoms with Gasteiger partial charge >= 0.3 is 0 Å². The summed E-state index contributed by atoms with van der Waals surface area (Å²) in [5.41, 5.74) is 2.14. The summed E-state index contributed by atoms with van der Waals surface area (Å²) in [5, 5.41) is 10.6. The fourth-order valence-electron chi connectivity index (χ4n) is 3.59. The maximum atomic E-state index is 14.0. The normalized spacial score (nSPS) is 17.2. The highest BCUT2D eigenvalue weighted by molar-refractivity contribution is 5.80. The molecule has 0 bridgehead atoms. The average Bonchev–Trinajstić information content (AvgIpc) is 3.25. The van der Waals surface area contributed by atoms with Crippen molar-refractivity contribution in [3.63, 3.8) is 0 Å². The van der Waals surface area contributed by atoms with Crippen LogP contribution in [-0.2, 0) is 6.42 Å². The molecule has 1 unspecified atom stereocenters. The van der Waals surface area contributed by atoms with Crippen LogP contribution in [0, 0.1) is 25.5 Å². The second-order valence-electron chi connectivity index (χ2n) is 7.05. The number of aliphatic imine (C=N–C) groups is 1. The zero-order chi connectivity index (χ0) is 20.1. The van der Waals surface area contributed by atoms with Crippen molar-refractivity contribution in [1.29, 1.82) is 0 Å². The number of nitrogens with one attached hydrogen (secondary N) is 2. The molecule has 2 aromatic rings. The molecule has 28 heavy (non-hydrogen) atoms. The van der Waals surface area contributed by atoms with Gasteiger partial charge in [-0.25, -0.2) is 8.78 Å². The lowest BCUT2D eigenvalue weighted by atomic mass is 10.1. The maximum Gasteiger partial charge on any atom is 0.191 e. The fourth-order valence-corrected chi connectivity index (χ4v) is 3.59. The van der Waals surface area contributed by atoms with Gasteiger partial charge in [-0.2, -0.15) is 0 Å². The average molecular weight is 391 g/mol. The molecule has 2 heterocycles. The zero-order valence-corrected chi connectivity index (χ0v) is 16.6. The second kappa shape index (κ2) is 9.03. The number of rotatable bonds is 6. The van der Waals surface area contributed by atoms with Gasteiger partial charge in [-0.15, -0.1) is 0 Å². The van der Waals surface area contributed by atoms with Crippen LogP contribution in [0.25, 0.3) is 0 Å². The van der Waals surface area contributed by atoms with Crippen LogP contribution in [0.2, 0.25) is 0 Å². The van der Waals surface area contributed by atoms with Crippen molar-refractivity contribution in [2.45, 2.75) is 39.2 Å². The van der Waals surface area contributed by atoms with Crippen LogP contribution >= 0.6 is 0 Å². The summed E-state index contributed by atoms with van der Waals surface area (Å²) in [6.45, 7) is 5.75. The first kappa shape index (κ1) is 20.1. The van der Waals surface area contributed by atoms with Gasteiger partial charge in [0.25, 0.3) is 0 Å². The monoisotopic (exact) mass is 391 g/mol. The van der Waals surface area contributed by atoms with Crippen LogP contribution in [0.3, 0.4) is 0 Å². The van der Waals surface area contributed by atoms with Gasteiger partial charge < -0.3 is 20.1 Å². The minimum Gasteiger partial charge on any atom is -0.365 e. The van der Waals surface area contributed by atoms with E-state index in [1.807, 2.05) is 13.8 Å². The minimum atomic E-state index is -0.525. The van der Waals surface area contributed by atoms with Gasteiger partial charge in [-0.3, -0.25) is 4.99 Å². The van der Waals surface area contributed by atoms with Crippen LogP contribution in [-0.4, -0.2) is 43.8 Å². The van der Waals surface area contributed by atoms with Gasteiger partial charge in [0, 0.05) is 38.3 Å². The van der Waals surface area contributed by atoms with E-state index in [-0.39, 0.29) is 11.7 Å². The Kier molecular flexibility index (Phi) is 6.49. The fraction of sp³-hybridized carbons (Fsp3) is 0.500. The van der Waals surface area contributed by atoms with Crippen molar-refractivity contribution in [2.75, 3.05) is 31.6 Å². The third-order valence-electron chi connectivity index (χ3n) is 5.08. The molecule has 1 aromatic heterocycles. The summed E-state index contributed by atoms with van der Waals surface area (Å²) in [6, 6.07) is 4.04. The number of para-hydroxylation sites is 1. The van der Waals surface area contributed by atoms with E-state index in [4.69, 9.17) is 4.52 Å². The van der Waals surface area contributed by atoms with E-state index in [0.717, 1.165) is 42.8 Å². The molecular formula is C20H27F2N5O. The molecule has 0 amide bonds. The number of benzene rings is 1. The standard InChI is InChI=1S/C20H27F2N5O/c1-13-16(14(2)28-26-13)6-5-10-24-20(23-3)25-15-9-11-27(12-15)19-17(21)7-4-8-18(19)22/h4,7-8,15H,5-6,9-12H2,1-3H3,(H2,23,24,25). The molecule has 3 rings (SSSR count). The van der Waals surface area contributed by atoms with Crippen LogP contribution in [0.1, 0.15) is 29.9 Å². The summed E-state index contributed by atoms with van der Waals surface area (Å²) in [4.78, 5) is 5.99. The molecule has 0 aliphatic carbocycles. The number of aryl methyl sites for hydroxylation is 2. The molecule has 0 saturated carbocycles. The lowest BCUT2D eigenvalue weighted by molar-refractivity contribution is 0.392. The quantitative estimate of drug-likeness (QED) is 0.450. The molecule has 1 fully saturated rings. The number of hydrogen-bond donors (Lipinski definition) is 2. The van der Waals surface area contributed by atoms with Crippen LogP contribution in [0.15, 0.2) is 27.7 Å². The number of nitrogens with zero attached hydrogens (tertiary/aromatic N) is 3. The molecule has 152 valence electrons. The van der Waals surface area contributed by atoms with Crippen LogP contribution in [0.5, 0.6) is 0 Å². The Balaban J connectivity index is 1.46. The summed E-state index contributed by atoms with van der Waals surface area (Å²) < 4.78 is 33.2. The van der Waals surface area contributed by atoms with Crippen molar-refractivity contribution >= 4 is 11.6 Å². The Morgan fingerprint density at radius 2 is 2.07 bits per heavy atom. The van der Waals surface area contributed by atoms with Crippen molar-refractivity contribution in [1.82, 2.24) is 15.8 Å². The van der Waals surface area contributed by atoms with E-state index < -0.39 is 11.6 Å². The van der Waals surface area contributed by atoms with Gasteiger partial charge in [0.05, 0.1) is 5.69 Å². The summed E-state index contributed by atoms with van der Waals surface area (Å²) in [6.07, 6.45) is 2.59.